The quantitative estimate of drug-likeness (QED) is 0.503. The fourth-order valence-corrected chi connectivity index (χ4v) is 2.04. The SMILES string of the molecule is [B][C@H]1CC(OC(C)C)[C@@H](COP(=O)([O-])OC)O1. The molecular formula is C9H17BO6P-. The molecule has 0 amide bonds. The summed E-state index contributed by atoms with van der Waals surface area (Å²) < 4.78 is 30.8. The molecule has 0 saturated carbocycles. The molecule has 0 N–H and O–H groups in total. The second-order valence-electron chi connectivity index (χ2n) is 4.10. The Hall–Kier alpha value is 0.0949. The average Bonchev–Trinajstić information content (AvgIpc) is 2.55. The van der Waals surface area contributed by atoms with Crippen molar-refractivity contribution in [2.45, 2.75) is 44.6 Å². The van der Waals surface area contributed by atoms with E-state index in [2.05, 4.69) is 9.05 Å². The van der Waals surface area contributed by atoms with E-state index in [0.29, 0.717) is 6.42 Å². The summed E-state index contributed by atoms with van der Waals surface area (Å²) in [5.74, 6) is 0. The summed E-state index contributed by atoms with van der Waals surface area (Å²) in [5.41, 5.74) is 0. The monoisotopic (exact) mass is 263 g/mol. The summed E-state index contributed by atoms with van der Waals surface area (Å²) in [5, 5.41) is 0. The first kappa shape index (κ1) is 15.2. The van der Waals surface area contributed by atoms with Gasteiger partial charge in [0.05, 0.1) is 18.8 Å². The Balaban J connectivity index is 2.47. The van der Waals surface area contributed by atoms with Gasteiger partial charge < -0.3 is 23.4 Å². The molecule has 0 spiro atoms. The lowest BCUT2D eigenvalue weighted by Gasteiger charge is -2.25. The van der Waals surface area contributed by atoms with Crippen LogP contribution in [0, 0.1) is 0 Å². The van der Waals surface area contributed by atoms with Gasteiger partial charge in [-0.25, -0.2) is 0 Å². The number of phosphoric ester groups is 1. The number of phosphoric acid groups is 1. The van der Waals surface area contributed by atoms with Crippen molar-refractivity contribution in [2.75, 3.05) is 13.7 Å². The summed E-state index contributed by atoms with van der Waals surface area (Å²) in [4.78, 5) is 11.0. The molecule has 8 heteroatoms. The molecule has 0 aromatic rings. The topological polar surface area (TPSA) is 77.1 Å². The van der Waals surface area contributed by atoms with Crippen molar-refractivity contribution in [3.63, 3.8) is 0 Å². The summed E-state index contributed by atoms with van der Waals surface area (Å²) in [7, 11) is 2.43. The average molecular weight is 263 g/mol. The second kappa shape index (κ2) is 6.32. The molecule has 2 unspecified atom stereocenters. The Kier molecular flexibility index (Phi) is 5.63. The van der Waals surface area contributed by atoms with Crippen molar-refractivity contribution in [2.24, 2.45) is 0 Å². The zero-order chi connectivity index (χ0) is 13.1. The van der Waals surface area contributed by atoms with E-state index in [-0.39, 0.29) is 18.8 Å². The van der Waals surface area contributed by atoms with E-state index in [1.54, 1.807) is 0 Å². The third kappa shape index (κ3) is 5.08. The van der Waals surface area contributed by atoms with Gasteiger partial charge in [0.1, 0.15) is 14.0 Å². The van der Waals surface area contributed by atoms with Gasteiger partial charge in [-0.2, -0.15) is 0 Å². The van der Waals surface area contributed by atoms with E-state index in [0.717, 1.165) is 7.11 Å². The van der Waals surface area contributed by atoms with Crippen LogP contribution in [0.2, 0.25) is 0 Å². The highest BCUT2D eigenvalue weighted by Gasteiger charge is 2.34. The summed E-state index contributed by atoms with van der Waals surface area (Å²) in [6.45, 7) is 3.62. The van der Waals surface area contributed by atoms with Gasteiger partial charge in [0.25, 0.3) is 7.82 Å². The minimum absolute atomic E-state index is 0.0119. The maximum atomic E-state index is 11.0. The minimum Gasteiger partial charge on any atom is -0.756 e. The lowest BCUT2D eigenvalue weighted by atomic mass is 9.96. The van der Waals surface area contributed by atoms with Crippen molar-refractivity contribution in [1.82, 2.24) is 0 Å². The first-order valence-corrected chi connectivity index (χ1v) is 6.88. The highest BCUT2D eigenvalue weighted by Crippen LogP contribution is 2.38. The van der Waals surface area contributed by atoms with E-state index in [4.69, 9.17) is 17.3 Å². The number of hydrogen-bond donors (Lipinski definition) is 0. The summed E-state index contributed by atoms with van der Waals surface area (Å²) in [6.07, 6.45) is -0.230. The lowest BCUT2D eigenvalue weighted by molar-refractivity contribution is -0.225. The molecule has 2 radical (unpaired) electrons. The van der Waals surface area contributed by atoms with Crippen LogP contribution < -0.4 is 4.89 Å². The zero-order valence-corrected chi connectivity index (χ0v) is 11.1. The Morgan fingerprint density at radius 3 is 2.76 bits per heavy atom. The maximum absolute atomic E-state index is 11.0. The van der Waals surface area contributed by atoms with Crippen molar-refractivity contribution in [3.05, 3.63) is 0 Å². The van der Waals surface area contributed by atoms with E-state index in [1.807, 2.05) is 13.8 Å². The van der Waals surface area contributed by atoms with Crippen molar-refractivity contribution < 1.29 is 28.0 Å². The molecular weight excluding hydrogens is 246 g/mol. The van der Waals surface area contributed by atoms with Crippen LogP contribution in [0.25, 0.3) is 0 Å². The van der Waals surface area contributed by atoms with Gasteiger partial charge in [-0.3, -0.25) is 4.57 Å². The van der Waals surface area contributed by atoms with E-state index in [9.17, 15) is 9.46 Å². The second-order valence-corrected chi connectivity index (χ2v) is 5.62. The number of hydrogen-bond acceptors (Lipinski definition) is 6. The third-order valence-corrected chi connectivity index (χ3v) is 3.21. The maximum Gasteiger partial charge on any atom is 0.267 e. The van der Waals surface area contributed by atoms with Gasteiger partial charge in [-0.1, -0.05) is 0 Å². The molecule has 1 aliphatic heterocycles. The van der Waals surface area contributed by atoms with Crippen LogP contribution in [0.3, 0.4) is 0 Å². The van der Waals surface area contributed by atoms with Crippen LogP contribution >= 0.6 is 7.82 Å². The summed E-state index contributed by atoms with van der Waals surface area (Å²) >= 11 is 0. The first-order valence-electron chi connectivity index (χ1n) is 5.42. The van der Waals surface area contributed by atoms with E-state index < -0.39 is 19.9 Å². The van der Waals surface area contributed by atoms with Gasteiger partial charge in [0.2, 0.25) is 0 Å². The largest absolute Gasteiger partial charge is 0.756 e. The number of ether oxygens (including phenoxy) is 2. The Labute approximate surface area is 103 Å². The van der Waals surface area contributed by atoms with E-state index in [1.165, 1.54) is 0 Å². The standard InChI is InChI=1S/C9H18BO6P/c1-6(2)15-7-4-9(10)16-8(7)5-14-17(11,12)13-3/h6-9H,4-5H2,1-3H3,(H,11,12)/p-1/t7?,8-,9-/m1/s1. The van der Waals surface area contributed by atoms with Crippen molar-refractivity contribution in [1.29, 1.82) is 0 Å². The molecule has 0 aromatic carbocycles. The molecule has 1 saturated heterocycles. The van der Waals surface area contributed by atoms with Crippen LogP contribution in [0.15, 0.2) is 0 Å². The molecule has 1 rings (SSSR count). The Bertz CT molecular complexity index is 287. The molecule has 1 fully saturated rings. The predicted molar refractivity (Wildman–Crippen MR) is 59.6 cm³/mol. The molecule has 1 aliphatic rings. The highest BCUT2D eigenvalue weighted by molar-refractivity contribution is 7.45. The molecule has 0 bridgehead atoms. The van der Waals surface area contributed by atoms with E-state index >= 15 is 0 Å². The molecule has 4 atom stereocenters. The molecule has 98 valence electrons. The van der Waals surface area contributed by atoms with Gasteiger partial charge in [-0.15, -0.1) is 0 Å². The third-order valence-electron chi connectivity index (χ3n) is 2.30. The van der Waals surface area contributed by atoms with Crippen LogP contribution in [-0.4, -0.2) is 45.9 Å². The van der Waals surface area contributed by atoms with Crippen molar-refractivity contribution >= 4 is 15.7 Å². The van der Waals surface area contributed by atoms with Crippen molar-refractivity contribution in [3.8, 4) is 0 Å². The fraction of sp³-hybridized carbons (Fsp3) is 1.00. The minimum atomic E-state index is -4.23. The summed E-state index contributed by atoms with van der Waals surface area (Å²) in [6, 6.07) is -0.457. The highest BCUT2D eigenvalue weighted by atomic mass is 31.2. The molecule has 1 heterocycles. The zero-order valence-electron chi connectivity index (χ0n) is 10.2. The van der Waals surface area contributed by atoms with Crippen LogP contribution in [-0.2, 0) is 23.1 Å². The van der Waals surface area contributed by atoms with Gasteiger partial charge in [-0.05, 0) is 20.3 Å². The Morgan fingerprint density at radius 1 is 1.59 bits per heavy atom. The lowest BCUT2D eigenvalue weighted by Crippen LogP contribution is -2.31. The van der Waals surface area contributed by atoms with Crippen LogP contribution in [0.1, 0.15) is 20.3 Å². The first-order chi connectivity index (χ1) is 7.84. The van der Waals surface area contributed by atoms with Crippen LogP contribution in [0.4, 0.5) is 0 Å². The van der Waals surface area contributed by atoms with Gasteiger partial charge in [0, 0.05) is 13.1 Å². The van der Waals surface area contributed by atoms with Gasteiger partial charge in [0.15, 0.2) is 0 Å². The molecule has 17 heavy (non-hydrogen) atoms. The molecule has 0 aliphatic carbocycles. The van der Waals surface area contributed by atoms with Gasteiger partial charge >= 0.3 is 0 Å². The molecule has 0 aromatic heterocycles. The predicted octanol–water partition coefficient (Wildman–Crippen LogP) is 0.195. The van der Waals surface area contributed by atoms with Crippen LogP contribution in [0.5, 0.6) is 0 Å². The molecule has 6 nitrogen and oxygen atoms in total. The number of rotatable bonds is 6. The normalized spacial score (nSPS) is 32.9. The Morgan fingerprint density at radius 2 is 2.24 bits per heavy atom. The fourth-order valence-electron chi connectivity index (χ4n) is 1.61. The smallest absolute Gasteiger partial charge is 0.267 e.